The maximum Gasteiger partial charge on any atom is 0.104 e. The van der Waals surface area contributed by atoms with Crippen molar-refractivity contribution in [1.82, 2.24) is 10.3 Å². The number of thiazole rings is 1. The summed E-state index contributed by atoms with van der Waals surface area (Å²) in [5, 5.41) is 15.8. The second kappa shape index (κ2) is 6.49. The van der Waals surface area contributed by atoms with E-state index >= 15 is 0 Å². The van der Waals surface area contributed by atoms with Gasteiger partial charge in [0.1, 0.15) is 5.60 Å². The normalized spacial score (nSPS) is 27.4. The zero-order valence-corrected chi connectivity index (χ0v) is 17.3. The molecule has 4 heteroatoms. The van der Waals surface area contributed by atoms with Gasteiger partial charge in [-0.1, -0.05) is 48.5 Å². The molecule has 2 heterocycles. The lowest BCUT2D eigenvalue weighted by Gasteiger charge is -2.44. The van der Waals surface area contributed by atoms with Crippen LogP contribution >= 0.6 is 11.3 Å². The van der Waals surface area contributed by atoms with Crippen LogP contribution in [0, 0.1) is 5.92 Å². The quantitative estimate of drug-likeness (QED) is 0.673. The van der Waals surface area contributed by atoms with Crippen LogP contribution in [0.5, 0.6) is 0 Å². The van der Waals surface area contributed by atoms with Crippen LogP contribution in [0.3, 0.4) is 0 Å². The molecule has 2 bridgehead atoms. The van der Waals surface area contributed by atoms with Crippen molar-refractivity contribution in [3.63, 3.8) is 0 Å². The summed E-state index contributed by atoms with van der Waals surface area (Å²) in [6.45, 7) is 1.96. The van der Waals surface area contributed by atoms with Crippen molar-refractivity contribution in [2.75, 3.05) is 13.1 Å². The highest BCUT2D eigenvalue weighted by molar-refractivity contribution is 7.09. The highest BCUT2D eigenvalue weighted by Gasteiger charge is 2.57. The Kier molecular flexibility index (Phi) is 3.99. The number of benzene rings is 2. The molecule has 1 saturated heterocycles. The Morgan fingerprint density at radius 3 is 2.31 bits per heavy atom. The fourth-order valence-corrected chi connectivity index (χ4v) is 7.26. The number of fused-ring (bicyclic) bond motifs is 8. The monoisotopic (exact) mass is 402 g/mol. The Morgan fingerprint density at radius 2 is 1.69 bits per heavy atom. The molecule has 3 aliphatic rings. The Labute approximate surface area is 175 Å². The van der Waals surface area contributed by atoms with E-state index in [1.54, 1.807) is 11.3 Å². The van der Waals surface area contributed by atoms with E-state index in [-0.39, 0.29) is 11.3 Å². The van der Waals surface area contributed by atoms with E-state index in [1.807, 2.05) is 11.7 Å². The molecule has 0 amide bonds. The number of hydrogen-bond donors (Lipinski definition) is 2. The third-order valence-corrected chi connectivity index (χ3v) is 8.64. The van der Waals surface area contributed by atoms with Gasteiger partial charge in [0.25, 0.3) is 0 Å². The van der Waals surface area contributed by atoms with Crippen LogP contribution in [-0.2, 0) is 11.0 Å². The van der Waals surface area contributed by atoms with Gasteiger partial charge in [-0.05, 0) is 66.9 Å². The van der Waals surface area contributed by atoms with Gasteiger partial charge in [0.15, 0.2) is 0 Å². The van der Waals surface area contributed by atoms with Crippen molar-refractivity contribution >= 4 is 11.3 Å². The third-order valence-electron chi connectivity index (χ3n) is 7.70. The molecule has 2 aromatic carbocycles. The topological polar surface area (TPSA) is 45.2 Å². The van der Waals surface area contributed by atoms with Gasteiger partial charge >= 0.3 is 0 Å². The number of rotatable bonds is 4. The summed E-state index contributed by atoms with van der Waals surface area (Å²) in [6.07, 6.45) is 5.76. The molecular weight excluding hydrogens is 376 g/mol. The summed E-state index contributed by atoms with van der Waals surface area (Å²) in [6, 6.07) is 17.9. The lowest BCUT2D eigenvalue weighted by Crippen LogP contribution is -2.45. The number of nitrogens with one attached hydrogen (secondary N) is 1. The molecule has 0 spiro atoms. The standard InChI is InChI=1S/C25H26N2OS/c28-25(23-14-27-16-29-23,17-9-11-26-12-10-17)15-24-13-20(18-5-1-3-7-21(18)24)19-6-2-4-8-22(19)24/h1-8,14,16-17,20,26,28H,9-13,15H2. The van der Waals surface area contributed by atoms with Crippen LogP contribution < -0.4 is 5.32 Å². The molecule has 1 atom stereocenters. The highest BCUT2D eigenvalue weighted by atomic mass is 32.1. The smallest absolute Gasteiger partial charge is 0.104 e. The summed E-state index contributed by atoms with van der Waals surface area (Å²) < 4.78 is 0. The summed E-state index contributed by atoms with van der Waals surface area (Å²) in [5.41, 5.74) is 6.70. The minimum Gasteiger partial charge on any atom is -0.384 e. The van der Waals surface area contributed by atoms with Gasteiger partial charge in [0, 0.05) is 17.5 Å². The first-order valence-corrected chi connectivity index (χ1v) is 11.6. The first kappa shape index (κ1) is 17.8. The lowest BCUT2D eigenvalue weighted by atomic mass is 9.64. The van der Waals surface area contributed by atoms with Crippen LogP contribution in [0.15, 0.2) is 60.2 Å². The number of aromatic nitrogens is 1. The molecule has 29 heavy (non-hydrogen) atoms. The van der Waals surface area contributed by atoms with Crippen molar-refractivity contribution < 1.29 is 5.11 Å². The maximum absolute atomic E-state index is 12.4. The Morgan fingerprint density at radius 1 is 1.03 bits per heavy atom. The summed E-state index contributed by atoms with van der Waals surface area (Å²) in [7, 11) is 0. The SMILES string of the molecule is OC(CC12CC(c3ccccc31)c1ccccc12)(c1cncs1)C1CCNCC1. The molecule has 6 rings (SSSR count). The van der Waals surface area contributed by atoms with Crippen molar-refractivity contribution in [3.05, 3.63) is 87.4 Å². The van der Waals surface area contributed by atoms with Gasteiger partial charge in [0.05, 0.1) is 10.4 Å². The van der Waals surface area contributed by atoms with Crippen LogP contribution in [-0.4, -0.2) is 23.2 Å². The minimum atomic E-state index is -0.845. The maximum atomic E-state index is 12.4. The lowest BCUT2D eigenvalue weighted by molar-refractivity contribution is -0.0535. The molecule has 1 fully saturated rings. The van der Waals surface area contributed by atoms with Gasteiger partial charge in [-0.25, -0.2) is 0 Å². The summed E-state index contributed by atoms with van der Waals surface area (Å²) >= 11 is 1.61. The predicted octanol–water partition coefficient (Wildman–Crippen LogP) is 4.56. The first-order chi connectivity index (χ1) is 14.2. The number of nitrogens with zero attached hydrogens (tertiary/aromatic N) is 1. The Bertz CT molecular complexity index is 993. The zero-order valence-electron chi connectivity index (χ0n) is 16.5. The third kappa shape index (κ3) is 2.46. The summed E-state index contributed by atoms with van der Waals surface area (Å²) in [5.74, 6) is 0.721. The van der Waals surface area contributed by atoms with Crippen molar-refractivity contribution in [2.45, 2.75) is 42.6 Å². The molecule has 0 radical (unpaired) electrons. The van der Waals surface area contributed by atoms with E-state index < -0.39 is 5.60 Å². The molecule has 1 aromatic heterocycles. The Balaban J connectivity index is 1.52. The van der Waals surface area contributed by atoms with Gasteiger partial charge < -0.3 is 10.4 Å². The molecule has 3 aromatic rings. The average Bonchev–Trinajstić information content (AvgIpc) is 3.49. The predicted molar refractivity (Wildman–Crippen MR) is 116 cm³/mol. The largest absolute Gasteiger partial charge is 0.384 e. The van der Waals surface area contributed by atoms with Gasteiger partial charge in [-0.15, -0.1) is 11.3 Å². The number of piperidine rings is 1. The molecule has 2 aliphatic carbocycles. The van der Waals surface area contributed by atoms with Crippen molar-refractivity contribution in [2.24, 2.45) is 5.92 Å². The van der Waals surface area contributed by atoms with Gasteiger partial charge in [-0.2, -0.15) is 0 Å². The fraction of sp³-hybridized carbons (Fsp3) is 0.400. The van der Waals surface area contributed by atoms with Crippen LogP contribution in [0.25, 0.3) is 0 Å². The molecule has 148 valence electrons. The van der Waals surface area contributed by atoms with E-state index in [2.05, 4.69) is 58.8 Å². The van der Waals surface area contributed by atoms with E-state index in [0.29, 0.717) is 5.92 Å². The molecule has 1 unspecified atom stereocenters. The summed E-state index contributed by atoms with van der Waals surface area (Å²) in [4.78, 5) is 5.38. The van der Waals surface area contributed by atoms with E-state index in [4.69, 9.17) is 0 Å². The molecule has 1 aliphatic heterocycles. The first-order valence-electron chi connectivity index (χ1n) is 10.7. The fourth-order valence-electron chi connectivity index (χ4n) is 6.46. The second-order valence-electron chi connectivity index (χ2n) is 9.00. The molecular formula is C25H26N2OS. The Hall–Kier alpha value is -2.01. The van der Waals surface area contributed by atoms with E-state index in [1.165, 1.54) is 22.3 Å². The number of aliphatic hydroxyl groups is 1. The van der Waals surface area contributed by atoms with E-state index in [9.17, 15) is 5.11 Å². The average molecular weight is 403 g/mol. The van der Waals surface area contributed by atoms with Crippen LogP contribution in [0.2, 0.25) is 0 Å². The minimum absolute atomic E-state index is 0.110. The van der Waals surface area contributed by atoms with E-state index in [0.717, 1.165) is 43.6 Å². The van der Waals surface area contributed by atoms with Crippen molar-refractivity contribution in [3.8, 4) is 0 Å². The van der Waals surface area contributed by atoms with Gasteiger partial charge in [-0.3, -0.25) is 4.98 Å². The van der Waals surface area contributed by atoms with Gasteiger partial charge in [0.2, 0.25) is 0 Å². The van der Waals surface area contributed by atoms with Crippen LogP contribution in [0.4, 0.5) is 0 Å². The zero-order chi connectivity index (χ0) is 19.5. The van der Waals surface area contributed by atoms with Crippen molar-refractivity contribution in [1.29, 1.82) is 0 Å². The molecule has 2 N–H and O–H groups in total. The second-order valence-corrected chi connectivity index (χ2v) is 9.89. The highest BCUT2D eigenvalue weighted by Crippen LogP contribution is 2.64. The molecule has 0 saturated carbocycles. The van der Waals surface area contributed by atoms with Crippen LogP contribution in [0.1, 0.15) is 58.7 Å². The molecule has 3 nitrogen and oxygen atoms in total. The number of hydrogen-bond acceptors (Lipinski definition) is 4.